The molecule has 2 aliphatic rings. The third kappa shape index (κ3) is 4.66. The second-order valence-electron chi connectivity index (χ2n) is 5.99. The van der Waals surface area contributed by atoms with Crippen LogP contribution in [-0.4, -0.2) is 61.0 Å². The van der Waals surface area contributed by atoms with Crippen molar-refractivity contribution in [3.05, 3.63) is 34.1 Å². The van der Waals surface area contributed by atoms with Gasteiger partial charge in [0.25, 0.3) is 0 Å². The lowest BCUT2D eigenvalue weighted by atomic mass is 10.1. The first-order chi connectivity index (χ1) is 10.6. The van der Waals surface area contributed by atoms with Gasteiger partial charge in [0.05, 0.1) is 10.9 Å². The van der Waals surface area contributed by atoms with Gasteiger partial charge in [-0.1, -0.05) is 6.07 Å². The highest BCUT2D eigenvalue weighted by Crippen LogP contribution is 2.20. The third-order valence-electron chi connectivity index (χ3n) is 4.52. The number of hydrogen-bond acceptors (Lipinski definition) is 3. The van der Waals surface area contributed by atoms with Gasteiger partial charge in [-0.2, -0.15) is 0 Å². The highest BCUT2D eigenvalue weighted by atomic mass is 79.9. The van der Waals surface area contributed by atoms with Crippen molar-refractivity contribution in [2.75, 3.05) is 39.3 Å². The maximum absolute atomic E-state index is 13.5. The maximum atomic E-state index is 13.5. The summed E-state index contributed by atoms with van der Waals surface area (Å²) in [7, 11) is 0. The molecule has 0 aromatic heterocycles. The van der Waals surface area contributed by atoms with E-state index >= 15 is 0 Å². The van der Waals surface area contributed by atoms with Crippen molar-refractivity contribution >= 4 is 34.2 Å². The number of likely N-dealkylation sites (tertiary alicyclic amines) is 1. The molecule has 4 nitrogen and oxygen atoms in total. The van der Waals surface area contributed by atoms with E-state index in [0.29, 0.717) is 10.5 Å². The zero-order valence-electron chi connectivity index (χ0n) is 12.9. The minimum Gasteiger partial charge on any atom is -0.341 e. The van der Waals surface area contributed by atoms with Crippen LogP contribution in [0, 0.1) is 5.82 Å². The molecule has 2 heterocycles. The van der Waals surface area contributed by atoms with E-state index in [2.05, 4.69) is 26.1 Å². The predicted molar refractivity (Wildman–Crippen MR) is 94.5 cm³/mol. The molecule has 1 aromatic carbocycles. The number of carbonyl (C=O) groups is 1. The Hall–Kier alpha value is -0.690. The monoisotopic (exact) mass is 405 g/mol. The Morgan fingerprint density at radius 2 is 2.04 bits per heavy atom. The molecular weight excluding hydrogens is 385 g/mol. The van der Waals surface area contributed by atoms with Crippen LogP contribution in [0.15, 0.2) is 22.7 Å². The fourth-order valence-electron chi connectivity index (χ4n) is 3.25. The first kappa shape index (κ1) is 18.6. The van der Waals surface area contributed by atoms with E-state index in [-0.39, 0.29) is 30.6 Å². The van der Waals surface area contributed by atoms with Crippen molar-refractivity contribution in [1.82, 2.24) is 15.1 Å². The molecule has 2 fully saturated rings. The average molecular weight is 407 g/mol. The summed E-state index contributed by atoms with van der Waals surface area (Å²) in [6.07, 6.45) is 1.32. The molecule has 0 bridgehead atoms. The van der Waals surface area contributed by atoms with Gasteiger partial charge in [-0.3, -0.25) is 9.69 Å². The van der Waals surface area contributed by atoms with Crippen molar-refractivity contribution in [2.45, 2.75) is 18.9 Å². The number of rotatable bonds is 3. The zero-order chi connectivity index (χ0) is 15.5. The summed E-state index contributed by atoms with van der Waals surface area (Å²) in [6.45, 7) is 5.80. The Bertz CT molecular complexity index is 554. The fourth-order valence-corrected chi connectivity index (χ4v) is 3.50. The van der Waals surface area contributed by atoms with Crippen LogP contribution in [0.25, 0.3) is 0 Å². The number of carbonyl (C=O) groups excluding carboxylic acids is 1. The Labute approximate surface area is 150 Å². The summed E-state index contributed by atoms with van der Waals surface area (Å²) < 4.78 is 14.0. The molecule has 128 valence electrons. The number of amides is 1. The molecule has 0 spiro atoms. The minimum atomic E-state index is -0.314. The Balaban J connectivity index is 0.00000192. The lowest BCUT2D eigenvalue weighted by Crippen LogP contribution is -2.49. The quantitative estimate of drug-likeness (QED) is 0.835. The van der Waals surface area contributed by atoms with Crippen molar-refractivity contribution < 1.29 is 9.18 Å². The lowest BCUT2D eigenvalue weighted by Gasteiger charge is -2.32. The van der Waals surface area contributed by atoms with Crippen LogP contribution in [0.4, 0.5) is 4.39 Å². The summed E-state index contributed by atoms with van der Waals surface area (Å²) in [5.41, 5.74) is 0.733. The molecule has 0 saturated carbocycles. The van der Waals surface area contributed by atoms with E-state index in [9.17, 15) is 9.18 Å². The predicted octanol–water partition coefficient (Wildman–Crippen LogP) is 2.06. The number of piperazine rings is 1. The molecule has 23 heavy (non-hydrogen) atoms. The van der Waals surface area contributed by atoms with Crippen LogP contribution in [0.5, 0.6) is 0 Å². The van der Waals surface area contributed by atoms with Crippen molar-refractivity contribution in [3.8, 4) is 0 Å². The fraction of sp³-hybridized carbons (Fsp3) is 0.562. The number of benzene rings is 1. The Morgan fingerprint density at radius 1 is 1.30 bits per heavy atom. The van der Waals surface area contributed by atoms with E-state index in [1.807, 2.05) is 4.90 Å². The summed E-state index contributed by atoms with van der Waals surface area (Å²) in [5, 5.41) is 3.35. The highest BCUT2D eigenvalue weighted by molar-refractivity contribution is 9.10. The smallest absolute Gasteiger partial charge is 0.227 e. The molecule has 0 aliphatic carbocycles. The zero-order valence-corrected chi connectivity index (χ0v) is 15.3. The molecule has 1 atom stereocenters. The standard InChI is InChI=1S/C16H21BrFN3O.ClH/c17-14-2-1-12(9-15(14)18)10-16(22)21-6-3-13(11-21)20-7-4-19-5-8-20;/h1-2,9,13,19H,3-8,10-11H2;1H. The lowest BCUT2D eigenvalue weighted by molar-refractivity contribution is -0.129. The molecule has 1 N–H and O–H groups in total. The van der Waals surface area contributed by atoms with Crippen molar-refractivity contribution in [1.29, 1.82) is 0 Å². The van der Waals surface area contributed by atoms with Crippen LogP contribution in [0.2, 0.25) is 0 Å². The summed E-state index contributed by atoms with van der Waals surface area (Å²) in [5.74, 6) is -0.218. The number of nitrogens with one attached hydrogen (secondary N) is 1. The molecule has 1 aromatic rings. The van der Waals surface area contributed by atoms with Gasteiger partial charge in [-0.25, -0.2) is 4.39 Å². The first-order valence-electron chi connectivity index (χ1n) is 7.80. The van der Waals surface area contributed by atoms with Crippen molar-refractivity contribution in [2.24, 2.45) is 0 Å². The minimum absolute atomic E-state index is 0. The summed E-state index contributed by atoms with van der Waals surface area (Å²) in [4.78, 5) is 16.8. The first-order valence-corrected chi connectivity index (χ1v) is 8.59. The van der Waals surface area contributed by atoms with Gasteiger partial charge in [-0.05, 0) is 40.0 Å². The number of halogens is 3. The highest BCUT2D eigenvalue weighted by Gasteiger charge is 2.30. The molecule has 0 radical (unpaired) electrons. The van der Waals surface area contributed by atoms with E-state index < -0.39 is 0 Å². The molecule has 1 unspecified atom stereocenters. The molecule has 7 heteroatoms. The van der Waals surface area contributed by atoms with Crippen LogP contribution < -0.4 is 5.32 Å². The SMILES string of the molecule is Cl.O=C(Cc1ccc(Br)c(F)c1)N1CCC(N2CCNCC2)C1. The van der Waals surface area contributed by atoms with Gasteiger partial charge >= 0.3 is 0 Å². The Kier molecular flexibility index (Phi) is 6.83. The van der Waals surface area contributed by atoms with Gasteiger partial charge in [0.15, 0.2) is 0 Å². The second kappa shape index (κ2) is 8.42. The molecule has 2 aliphatic heterocycles. The van der Waals surface area contributed by atoms with Gasteiger partial charge in [0.2, 0.25) is 5.91 Å². The van der Waals surface area contributed by atoms with E-state index in [1.54, 1.807) is 12.1 Å². The van der Waals surface area contributed by atoms with E-state index in [1.165, 1.54) is 6.07 Å². The van der Waals surface area contributed by atoms with Crippen LogP contribution in [0.1, 0.15) is 12.0 Å². The summed E-state index contributed by atoms with van der Waals surface area (Å²) >= 11 is 3.13. The molecule has 2 saturated heterocycles. The third-order valence-corrected chi connectivity index (χ3v) is 5.17. The topological polar surface area (TPSA) is 35.6 Å². The normalized spacial score (nSPS) is 22.0. The Morgan fingerprint density at radius 3 is 2.74 bits per heavy atom. The average Bonchev–Trinajstić information content (AvgIpc) is 3.02. The van der Waals surface area contributed by atoms with Crippen LogP contribution in [-0.2, 0) is 11.2 Å². The van der Waals surface area contributed by atoms with Gasteiger partial charge in [0, 0.05) is 45.3 Å². The second-order valence-corrected chi connectivity index (χ2v) is 6.85. The molecule has 3 rings (SSSR count). The van der Waals surface area contributed by atoms with E-state index in [4.69, 9.17) is 0 Å². The molecular formula is C16H22BrClFN3O. The maximum Gasteiger partial charge on any atom is 0.227 e. The number of hydrogen-bond donors (Lipinski definition) is 1. The van der Waals surface area contributed by atoms with Gasteiger partial charge in [-0.15, -0.1) is 12.4 Å². The van der Waals surface area contributed by atoms with Crippen LogP contribution >= 0.6 is 28.3 Å². The van der Waals surface area contributed by atoms with Crippen LogP contribution in [0.3, 0.4) is 0 Å². The van der Waals surface area contributed by atoms with Crippen molar-refractivity contribution in [3.63, 3.8) is 0 Å². The van der Waals surface area contributed by atoms with E-state index in [0.717, 1.165) is 51.3 Å². The largest absolute Gasteiger partial charge is 0.341 e. The van der Waals surface area contributed by atoms with Gasteiger partial charge < -0.3 is 10.2 Å². The van der Waals surface area contributed by atoms with Gasteiger partial charge in [0.1, 0.15) is 5.82 Å². The summed E-state index contributed by atoms with van der Waals surface area (Å²) in [6, 6.07) is 5.37. The molecule has 1 amide bonds. The number of nitrogens with zero attached hydrogens (tertiary/aromatic N) is 2.